The largest absolute Gasteiger partial charge is 0.465 e. The number of carbonyl (C=O) groups excluding carboxylic acids is 1. The summed E-state index contributed by atoms with van der Waals surface area (Å²) in [6, 6.07) is 9.50. The molecule has 2 heterocycles. The fourth-order valence-corrected chi connectivity index (χ4v) is 4.20. The van der Waals surface area contributed by atoms with E-state index in [-0.39, 0.29) is 17.9 Å². The van der Waals surface area contributed by atoms with Crippen LogP contribution < -0.4 is 4.74 Å². The Kier molecular flexibility index (Phi) is 7.56. The predicted molar refractivity (Wildman–Crippen MR) is 126 cm³/mol. The monoisotopic (exact) mass is 454 g/mol. The van der Waals surface area contributed by atoms with Gasteiger partial charge in [-0.1, -0.05) is 44.2 Å². The topological polar surface area (TPSA) is 95.9 Å². The molecule has 1 aliphatic rings. The van der Waals surface area contributed by atoms with Gasteiger partial charge in [0, 0.05) is 49.4 Å². The molecule has 0 radical (unpaired) electrons. The van der Waals surface area contributed by atoms with Gasteiger partial charge in [0.05, 0.1) is 0 Å². The molecule has 1 aromatic carbocycles. The van der Waals surface area contributed by atoms with Crippen LogP contribution in [0.1, 0.15) is 47.5 Å². The van der Waals surface area contributed by atoms with E-state index >= 15 is 0 Å². The summed E-state index contributed by atoms with van der Waals surface area (Å²) in [6.45, 7) is 10.2. The van der Waals surface area contributed by atoms with Gasteiger partial charge in [0.2, 0.25) is 5.91 Å². The summed E-state index contributed by atoms with van der Waals surface area (Å²) in [7, 11) is 0. The number of carboxylic acid groups (broad SMARTS) is 1. The number of aromatic nitrogens is 2. The van der Waals surface area contributed by atoms with Gasteiger partial charge in [0.15, 0.2) is 0 Å². The van der Waals surface area contributed by atoms with Gasteiger partial charge in [-0.15, -0.1) is 0 Å². The van der Waals surface area contributed by atoms with Crippen molar-refractivity contribution in [3.05, 3.63) is 42.7 Å². The first-order chi connectivity index (χ1) is 15.6. The third-order valence-corrected chi connectivity index (χ3v) is 5.85. The maximum Gasteiger partial charge on any atom is 0.408 e. The molecular formula is C25H34N4O4. The fraction of sp³-hybridized carbons (Fsp3) is 0.520. The zero-order chi connectivity index (χ0) is 24.2. The summed E-state index contributed by atoms with van der Waals surface area (Å²) in [5.41, 5.74) is 1.28. The molecule has 1 fully saturated rings. The highest BCUT2D eigenvalue weighted by atomic mass is 16.5. The zero-order valence-electron chi connectivity index (χ0n) is 20.1. The molecule has 1 saturated heterocycles. The molecule has 0 aliphatic carbocycles. The molecule has 1 atom stereocenters. The van der Waals surface area contributed by atoms with Crippen LogP contribution in [0.4, 0.5) is 4.79 Å². The summed E-state index contributed by atoms with van der Waals surface area (Å²) < 4.78 is 5.96. The molecule has 8 heteroatoms. The predicted octanol–water partition coefficient (Wildman–Crippen LogP) is 4.32. The molecular weight excluding hydrogens is 420 g/mol. The molecule has 0 spiro atoms. The average molecular weight is 455 g/mol. The normalized spacial score (nSPS) is 15.9. The lowest BCUT2D eigenvalue weighted by Gasteiger charge is -2.43. The van der Waals surface area contributed by atoms with E-state index in [1.807, 2.05) is 65.0 Å². The van der Waals surface area contributed by atoms with E-state index in [9.17, 15) is 14.7 Å². The van der Waals surface area contributed by atoms with Crippen molar-refractivity contribution in [3.63, 3.8) is 0 Å². The van der Waals surface area contributed by atoms with Gasteiger partial charge in [-0.3, -0.25) is 9.69 Å². The van der Waals surface area contributed by atoms with E-state index in [2.05, 4.69) is 9.97 Å². The van der Waals surface area contributed by atoms with E-state index < -0.39 is 17.7 Å². The third kappa shape index (κ3) is 6.00. The van der Waals surface area contributed by atoms with Crippen LogP contribution >= 0.6 is 0 Å². The molecule has 1 aliphatic heterocycles. The van der Waals surface area contributed by atoms with Crippen molar-refractivity contribution in [1.82, 2.24) is 19.8 Å². The first-order valence-electron chi connectivity index (χ1n) is 11.4. The van der Waals surface area contributed by atoms with E-state index in [1.165, 1.54) is 4.90 Å². The number of hydrogen-bond acceptors (Lipinski definition) is 5. The van der Waals surface area contributed by atoms with Crippen molar-refractivity contribution in [3.8, 4) is 17.1 Å². The Hall–Kier alpha value is -3.16. The second kappa shape index (κ2) is 10.2. The number of nitrogens with zero attached hydrogens (tertiary/aromatic N) is 4. The molecule has 33 heavy (non-hydrogen) atoms. The summed E-state index contributed by atoms with van der Waals surface area (Å²) >= 11 is 0. The lowest BCUT2D eigenvalue weighted by molar-refractivity contribution is -0.142. The lowest BCUT2D eigenvalue weighted by Crippen LogP contribution is -2.60. The molecule has 0 bridgehead atoms. The van der Waals surface area contributed by atoms with Gasteiger partial charge >= 0.3 is 12.1 Å². The van der Waals surface area contributed by atoms with Crippen molar-refractivity contribution >= 4 is 12.0 Å². The van der Waals surface area contributed by atoms with Gasteiger partial charge in [0.1, 0.15) is 12.1 Å². The van der Waals surface area contributed by atoms with Crippen molar-refractivity contribution in [2.24, 2.45) is 5.92 Å². The van der Waals surface area contributed by atoms with Crippen LogP contribution in [0.5, 0.6) is 6.01 Å². The second-order valence-electron chi connectivity index (χ2n) is 9.78. The fourth-order valence-electron chi connectivity index (χ4n) is 4.20. The number of ether oxygens (including phenoxy) is 1. The Bertz CT molecular complexity index is 933. The number of likely N-dealkylation sites (tertiary alicyclic amines) is 1. The third-order valence-electron chi connectivity index (χ3n) is 5.85. The Balaban J connectivity index is 1.60. The number of amides is 2. The molecule has 1 aromatic heterocycles. The van der Waals surface area contributed by atoms with Gasteiger partial charge in [-0.25, -0.2) is 14.8 Å². The lowest BCUT2D eigenvalue weighted by atomic mass is 9.94. The Labute approximate surface area is 195 Å². The average Bonchev–Trinajstić information content (AvgIpc) is 2.77. The Morgan fingerprint density at radius 3 is 2.12 bits per heavy atom. The molecule has 2 amide bonds. The molecule has 2 aromatic rings. The molecule has 0 saturated carbocycles. The highest BCUT2D eigenvalue weighted by molar-refractivity contribution is 5.86. The molecule has 1 N–H and O–H groups in total. The van der Waals surface area contributed by atoms with Crippen molar-refractivity contribution in [2.75, 3.05) is 13.1 Å². The molecule has 3 rings (SSSR count). The first-order valence-corrected chi connectivity index (χ1v) is 11.4. The maximum atomic E-state index is 13.3. The number of benzene rings is 1. The molecule has 178 valence electrons. The van der Waals surface area contributed by atoms with Crippen LogP contribution in [0.15, 0.2) is 42.7 Å². The minimum Gasteiger partial charge on any atom is -0.465 e. The number of hydrogen-bond donors (Lipinski definition) is 1. The number of carbonyl (C=O) groups is 2. The summed E-state index contributed by atoms with van der Waals surface area (Å²) in [4.78, 5) is 37.0. The summed E-state index contributed by atoms with van der Waals surface area (Å²) in [5.74, 6) is -0.289. The van der Waals surface area contributed by atoms with E-state index in [4.69, 9.17) is 4.74 Å². The SMILES string of the molecule is CC(C)[C@@H](C(=O)N1CCC(Oc2ncc(-c3ccccc3)cn2)CC1)N(C(=O)O)C(C)(C)C. The van der Waals surface area contributed by atoms with Gasteiger partial charge in [-0.2, -0.15) is 0 Å². The second-order valence-corrected chi connectivity index (χ2v) is 9.78. The standard InChI is InChI=1S/C25H34N4O4/c1-17(2)21(29(24(31)32)25(3,4)5)22(30)28-13-11-20(12-14-28)33-23-26-15-19(16-27-23)18-9-7-6-8-10-18/h6-10,15-17,20-21H,11-14H2,1-5H3,(H,31,32)/t21-/m0/s1. The Morgan fingerprint density at radius 1 is 1.06 bits per heavy atom. The smallest absolute Gasteiger partial charge is 0.408 e. The summed E-state index contributed by atoms with van der Waals surface area (Å²) in [5, 5.41) is 9.80. The van der Waals surface area contributed by atoms with Gasteiger partial charge in [-0.05, 0) is 32.3 Å². The van der Waals surface area contributed by atoms with Gasteiger partial charge in [0.25, 0.3) is 0 Å². The van der Waals surface area contributed by atoms with E-state index in [1.54, 1.807) is 17.3 Å². The first kappa shape index (κ1) is 24.5. The minimum absolute atomic E-state index is 0.0904. The highest BCUT2D eigenvalue weighted by Crippen LogP contribution is 2.26. The highest BCUT2D eigenvalue weighted by Gasteiger charge is 2.41. The molecule has 0 unspecified atom stereocenters. The van der Waals surface area contributed by atoms with E-state index in [0.29, 0.717) is 31.9 Å². The van der Waals surface area contributed by atoms with Crippen LogP contribution in [-0.4, -0.2) is 67.6 Å². The van der Waals surface area contributed by atoms with Gasteiger partial charge < -0.3 is 14.7 Å². The maximum absolute atomic E-state index is 13.3. The number of rotatable bonds is 6. The van der Waals surface area contributed by atoms with E-state index in [0.717, 1.165) is 11.1 Å². The molecule has 8 nitrogen and oxygen atoms in total. The Morgan fingerprint density at radius 2 is 1.64 bits per heavy atom. The minimum atomic E-state index is -1.08. The van der Waals surface area contributed by atoms with Crippen LogP contribution in [0.25, 0.3) is 11.1 Å². The van der Waals surface area contributed by atoms with Crippen LogP contribution in [0, 0.1) is 5.92 Å². The quantitative estimate of drug-likeness (QED) is 0.698. The summed E-state index contributed by atoms with van der Waals surface area (Å²) in [6.07, 6.45) is 3.61. The number of piperidine rings is 1. The van der Waals surface area contributed by atoms with Crippen molar-refractivity contribution in [1.29, 1.82) is 0 Å². The van der Waals surface area contributed by atoms with Crippen LogP contribution in [0.2, 0.25) is 0 Å². The van der Waals surface area contributed by atoms with Crippen LogP contribution in [0.3, 0.4) is 0 Å². The van der Waals surface area contributed by atoms with Crippen molar-refractivity contribution in [2.45, 2.75) is 65.1 Å². The van der Waals surface area contributed by atoms with Crippen LogP contribution in [-0.2, 0) is 4.79 Å². The van der Waals surface area contributed by atoms with Crippen molar-refractivity contribution < 1.29 is 19.4 Å². The zero-order valence-corrected chi connectivity index (χ0v) is 20.1.